The molecule has 67 heavy (non-hydrogen) atoms. The Morgan fingerprint density at radius 2 is 0.448 bits per heavy atom. The second kappa shape index (κ2) is 18.6. The molecule has 0 radical (unpaired) electrons. The van der Waals surface area contributed by atoms with Gasteiger partial charge >= 0.3 is 0 Å². The van der Waals surface area contributed by atoms with Crippen LogP contribution in [0.2, 0.25) is 0 Å². The summed E-state index contributed by atoms with van der Waals surface area (Å²) in [5, 5.41) is 4.28. The first-order valence-electron chi connectivity index (χ1n) is 24.2. The van der Waals surface area contributed by atoms with Crippen molar-refractivity contribution in [2.45, 2.75) is 157 Å². The topological polar surface area (TPSA) is 27.7 Å². The fraction of sp³-hybridized carbons (Fsp3) is 0.429. The minimum Gasteiger partial charge on any atom is -0.497 e. The van der Waals surface area contributed by atoms with Crippen LogP contribution in [0.25, 0.3) is 33.4 Å². The number of benzene rings is 6. The van der Waals surface area contributed by atoms with Gasteiger partial charge < -0.3 is 14.2 Å². The number of hydrogen-bond donors (Lipinski definition) is 0. The molecule has 3 nitrogen and oxygen atoms in total. The van der Waals surface area contributed by atoms with E-state index in [1.54, 1.807) is 21.3 Å². The molecule has 0 aliphatic carbocycles. The highest BCUT2D eigenvalue weighted by Gasteiger charge is 2.41. The van der Waals surface area contributed by atoms with Gasteiger partial charge in [-0.1, -0.05) is 197 Å². The standard InChI is InChI=1S/C63H81O3P/c1-58(2,3)52-46(40-22-28-43(64-19)29-23-40)34-37-49(55(52)61(10,11)12)67(50-38-35-47(41-24-30-44(65-20)31-25-41)53(59(4,5)6)56(50)62(13,14)15)51-39-36-48(42-26-32-45(66-21)33-27-42)54(60(7,8)9)57(51)63(16,17)18/h22-39H,1-21H3. The average molecular weight is 917 g/mol. The van der Waals surface area contributed by atoms with Crippen molar-refractivity contribution >= 4 is 23.8 Å². The predicted octanol–water partition coefficient (Wildman–Crippen LogP) is 16.3. The molecule has 0 heterocycles. The Labute approximate surface area is 407 Å². The second-order valence-electron chi connectivity index (χ2n) is 24.7. The highest BCUT2D eigenvalue weighted by Crippen LogP contribution is 2.52. The lowest BCUT2D eigenvalue weighted by Crippen LogP contribution is -2.39. The van der Waals surface area contributed by atoms with E-state index in [1.807, 2.05) is 0 Å². The van der Waals surface area contributed by atoms with Crippen LogP contribution < -0.4 is 30.1 Å². The third-order valence-electron chi connectivity index (χ3n) is 13.0. The Hall–Kier alpha value is -4.85. The molecule has 6 rings (SSSR count). The Kier molecular flexibility index (Phi) is 14.3. The molecule has 0 saturated heterocycles. The summed E-state index contributed by atoms with van der Waals surface area (Å²) < 4.78 is 17.0. The van der Waals surface area contributed by atoms with E-state index in [-0.39, 0.29) is 32.5 Å². The van der Waals surface area contributed by atoms with E-state index in [1.165, 1.54) is 82.7 Å². The van der Waals surface area contributed by atoms with Crippen LogP contribution in [0.5, 0.6) is 17.2 Å². The Balaban J connectivity index is 1.91. The number of hydrogen-bond acceptors (Lipinski definition) is 3. The maximum atomic E-state index is 5.66. The third-order valence-corrected chi connectivity index (χ3v) is 15.5. The minimum atomic E-state index is -1.22. The molecule has 0 unspecified atom stereocenters. The zero-order chi connectivity index (χ0) is 49.8. The van der Waals surface area contributed by atoms with E-state index < -0.39 is 7.92 Å². The van der Waals surface area contributed by atoms with Gasteiger partial charge in [-0.2, -0.15) is 0 Å². The summed E-state index contributed by atoms with van der Waals surface area (Å²) in [4.78, 5) is 0. The van der Waals surface area contributed by atoms with Crippen LogP contribution in [-0.2, 0) is 32.5 Å². The molecule has 6 aromatic carbocycles. The molecule has 0 N–H and O–H groups in total. The van der Waals surface area contributed by atoms with Crippen molar-refractivity contribution in [2.24, 2.45) is 0 Å². The molecule has 6 aromatic rings. The highest BCUT2D eigenvalue weighted by atomic mass is 31.1. The fourth-order valence-electron chi connectivity index (χ4n) is 10.4. The normalized spacial score (nSPS) is 13.0. The molecule has 0 atom stereocenters. The fourth-order valence-corrected chi connectivity index (χ4v) is 13.8. The van der Waals surface area contributed by atoms with E-state index in [4.69, 9.17) is 14.2 Å². The summed E-state index contributed by atoms with van der Waals surface area (Å²) in [5.41, 5.74) is 14.8. The van der Waals surface area contributed by atoms with Gasteiger partial charge in [-0.05, 0) is 159 Å². The van der Waals surface area contributed by atoms with Crippen LogP contribution in [0.15, 0.2) is 109 Å². The lowest BCUT2D eigenvalue weighted by Gasteiger charge is -2.42. The second-order valence-corrected chi connectivity index (χ2v) is 26.8. The Morgan fingerprint density at radius 1 is 0.254 bits per heavy atom. The maximum absolute atomic E-state index is 5.66. The van der Waals surface area contributed by atoms with Gasteiger partial charge in [0.2, 0.25) is 0 Å². The maximum Gasteiger partial charge on any atom is 0.118 e. The molecule has 0 bridgehead atoms. The van der Waals surface area contributed by atoms with Crippen molar-refractivity contribution in [3.63, 3.8) is 0 Å². The van der Waals surface area contributed by atoms with Crippen molar-refractivity contribution < 1.29 is 14.2 Å². The summed E-state index contributed by atoms with van der Waals surface area (Å²) >= 11 is 0. The molecule has 0 aromatic heterocycles. The molecule has 4 heteroatoms. The van der Waals surface area contributed by atoms with Crippen molar-refractivity contribution in [1.29, 1.82) is 0 Å². The SMILES string of the molecule is COc1ccc(-c2ccc(P(c3ccc(-c4ccc(OC)cc4)c(C(C)(C)C)c3C(C)(C)C)c3ccc(-c4ccc(OC)cc4)c(C(C)(C)C)c3C(C)(C)C)c(C(C)(C)C)c2C(C)(C)C)cc1. The Morgan fingerprint density at radius 3 is 0.612 bits per heavy atom. The Bertz CT molecular complexity index is 2390. The molecule has 0 fully saturated rings. The molecule has 0 amide bonds. The highest BCUT2D eigenvalue weighted by molar-refractivity contribution is 7.80. The molecular formula is C63H81O3P. The van der Waals surface area contributed by atoms with Crippen LogP contribution in [-0.4, -0.2) is 21.3 Å². The van der Waals surface area contributed by atoms with E-state index >= 15 is 0 Å². The molecule has 0 aliphatic heterocycles. The molecule has 356 valence electrons. The lowest BCUT2D eigenvalue weighted by atomic mass is 9.72. The van der Waals surface area contributed by atoms with E-state index in [0.29, 0.717) is 0 Å². The number of rotatable bonds is 9. The molecular weight excluding hydrogens is 836 g/mol. The van der Waals surface area contributed by atoms with Gasteiger partial charge in [-0.15, -0.1) is 0 Å². The summed E-state index contributed by atoms with van der Waals surface area (Å²) in [6.45, 7) is 43.5. The third kappa shape index (κ3) is 10.6. The van der Waals surface area contributed by atoms with Gasteiger partial charge in [0.25, 0.3) is 0 Å². The van der Waals surface area contributed by atoms with Crippen LogP contribution >= 0.6 is 7.92 Å². The summed E-state index contributed by atoms with van der Waals surface area (Å²) in [6, 6.07) is 40.9. The van der Waals surface area contributed by atoms with Crippen LogP contribution in [0.4, 0.5) is 0 Å². The zero-order valence-electron chi connectivity index (χ0n) is 45.1. The van der Waals surface area contributed by atoms with Crippen LogP contribution in [0.3, 0.4) is 0 Å². The van der Waals surface area contributed by atoms with Gasteiger partial charge in [0.05, 0.1) is 21.3 Å². The van der Waals surface area contributed by atoms with Crippen molar-refractivity contribution in [3.05, 3.63) is 143 Å². The number of ether oxygens (including phenoxy) is 3. The van der Waals surface area contributed by atoms with E-state index in [2.05, 4.69) is 234 Å². The monoisotopic (exact) mass is 917 g/mol. The quantitative estimate of drug-likeness (QED) is 0.135. The van der Waals surface area contributed by atoms with E-state index in [0.717, 1.165) is 17.2 Å². The van der Waals surface area contributed by atoms with Crippen molar-refractivity contribution in [1.82, 2.24) is 0 Å². The summed E-state index contributed by atoms with van der Waals surface area (Å²) in [7, 11) is 4.01. The van der Waals surface area contributed by atoms with Gasteiger partial charge in [0.1, 0.15) is 17.2 Å². The first-order valence-corrected chi connectivity index (χ1v) is 25.5. The summed E-state index contributed by atoms with van der Waals surface area (Å²) in [5.74, 6) is 2.59. The van der Waals surface area contributed by atoms with Gasteiger partial charge in [-0.25, -0.2) is 0 Å². The van der Waals surface area contributed by atoms with E-state index in [9.17, 15) is 0 Å². The van der Waals surface area contributed by atoms with Crippen molar-refractivity contribution in [3.8, 4) is 50.6 Å². The van der Waals surface area contributed by atoms with Crippen LogP contribution in [0, 0.1) is 0 Å². The zero-order valence-corrected chi connectivity index (χ0v) is 46.0. The van der Waals surface area contributed by atoms with Gasteiger partial charge in [-0.3, -0.25) is 0 Å². The smallest absolute Gasteiger partial charge is 0.118 e. The largest absolute Gasteiger partial charge is 0.497 e. The average Bonchev–Trinajstić information content (AvgIpc) is 3.24. The molecule has 0 aliphatic rings. The first-order chi connectivity index (χ1) is 30.9. The predicted molar refractivity (Wildman–Crippen MR) is 293 cm³/mol. The van der Waals surface area contributed by atoms with Gasteiger partial charge in [0, 0.05) is 0 Å². The van der Waals surface area contributed by atoms with Crippen LogP contribution in [0.1, 0.15) is 158 Å². The lowest BCUT2D eigenvalue weighted by molar-refractivity contribution is 0.415. The number of methoxy groups -OCH3 is 3. The molecule has 0 spiro atoms. The minimum absolute atomic E-state index is 0.182. The van der Waals surface area contributed by atoms with Gasteiger partial charge in [0.15, 0.2) is 0 Å². The molecule has 0 saturated carbocycles. The van der Waals surface area contributed by atoms with Crippen molar-refractivity contribution in [2.75, 3.05) is 21.3 Å². The first kappa shape index (κ1) is 51.5. The summed E-state index contributed by atoms with van der Waals surface area (Å²) in [6.07, 6.45) is 0.